The largest absolute Gasteiger partial charge is 0.508 e. The van der Waals surface area contributed by atoms with Crippen LogP contribution in [0.25, 0.3) is 0 Å². The highest BCUT2D eigenvalue weighted by atomic mass is 16.5. The predicted octanol–water partition coefficient (Wildman–Crippen LogP) is 1.55. The summed E-state index contributed by atoms with van der Waals surface area (Å²) < 4.78 is 5.27. The molecule has 0 aliphatic carbocycles. The third-order valence-electron chi connectivity index (χ3n) is 2.43. The lowest BCUT2D eigenvalue weighted by Gasteiger charge is -2.07. The predicted molar refractivity (Wildman–Crippen MR) is 51.0 cm³/mol. The summed E-state index contributed by atoms with van der Waals surface area (Å²) in [4.78, 5) is 11.0. The van der Waals surface area contributed by atoms with Gasteiger partial charge >= 0.3 is 0 Å². The number of hydrogen-bond acceptors (Lipinski definition) is 3. The second-order valence-corrected chi connectivity index (χ2v) is 3.57. The van der Waals surface area contributed by atoms with E-state index in [1.807, 2.05) is 6.07 Å². The molecule has 3 nitrogen and oxygen atoms in total. The topological polar surface area (TPSA) is 46.5 Å². The van der Waals surface area contributed by atoms with Crippen molar-refractivity contribution in [1.29, 1.82) is 0 Å². The Hall–Kier alpha value is -1.35. The standard InChI is InChI=1S/C11H12O3/c1-7(12)4-9-10-6-14-5-8(10)2-3-11(9)13/h2-3,13H,4-6H2,1H3. The maximum absolute atomic E-state index is 11.0. The molecule has 0 aromatic heterocycles. The number of carbonyl (C=O) groups excluding carboxylic acids is 1. The van der Waals surface area contributed by atoms with Gasteiger partial charge in [-0.3, -0.25) is 4.79 Å². The van der Waals surface area contributed by atoms with Crippen molar-refractivity contribution in [2.24, 2.45) is 0 Å². The summed E-state index contributed by atoms with van der Waals surface area (Å²) in [7, 11) is 0. The smallest absolute Gasteiger partial charge is 0.134 e. The molecule has 3 heteroatoms. The van der Waals surface area contributed by atoms with Crippen LogP contribution in [-0.4, -0.2) is 10.9 Å². The van der Waals surface area contributed by atoms with Gasteiger partial charge in [-0.2, -0.15) is 0 Å². The highest BCUT2D eigenvalue weighted by Crippen LogP contribution is 2.30. The molecule has 74 valence electrons. The Morgan fingerprint density at radius 3 is 3.00 bits per heavy atom. The van der Waals surface area contributed by atoms with E-state index < -0.39 is 0 Å². The Morgan fingerprint density at radius 2 is 2.29 bits per heavy atom. The Kier molecular flexibility index (Phi) is 2.25. The molecular weight excluding hydrogens is 180 g/mol. The van der Waals surface area contributed by atoms with Gasteiger partial charge in [0.25, 0.3) is 0 Å². The van der Waals surface area contributed by atoms with Crippen molar-refractivity contribution in [2.45, 2.75) is 26.6 Å². The van der Waals surface area contributed by atoms with E-state index in [2.05, 4.69) is 0 Å². The lowest BCUT2D eigenvalue weighted by atomic mass is 9.98. The number of rotatable bonds is 2. The van der Waals surface area contributed by atoms with E-state index in [0.717, 1.165) is 16.7 Å². The highest BCUT2D eigenvalue weighted by molar-refractivity contribution is 5.79. The van der Waals surface area contributed by atoms with Crippen LogP contribution in [0, 0.1) is 0 Å². The molecule has 14 heavy (non-hydrogen) atoms. The monoisotopic (exact) mass is 192 g/mol. The van der Waals surface area contributed by atoms with Crippen molar-refractivity contribution < 1.29 is 14.6 Å². The molecule has 1 aromatic rings. The third-order valence-corrected chi connectivity index (χ3v) is 2.43. The van der Waals surface area contributed by atoms with Crippen LogP contribution in [0.5, 0.6) is 5.75 Å². The van der Waals surface area contributed by atoms with Crippen molar-refractivity contribution in [1.82, 2.24) is 0 Å². The second kappa shape index (κ2) is 3.42. The first-order chi connectivity index (χ1) is 6.68. The summed E-state index contributed by atoms with van der Waals surface area (Å²) in [6, 6.07) is 3.48. The summed E-state index contributed by atoms with van der Waals surface area (Å²) in [5, 5.41) is 9.62. The summed E-state index contributed by atoms with van der Waals surface area (Å²) in [6.07, 6.45) is 0.290. The molecule has 0 spiro atoms. The zero-order valence-electron chi connectivity index (χ0n) is 8.04. The number of ketones is 1. The molecule has 1 aliphatic rings. The van der Waals surface area contributed by atoms with Crippen molar-refractivity contribution in [3.05, 3.63) is 28.8 Å². The van der Waals surface area contributed by atoms with Crippen LogP contribution in [0.1, 0.15) is 23.6 Å². The molecule has 0 saturated heterocycles. The molecule has 0 amide bonds. The molecule has 0 radical (unpaired) electrons. The van der Waals surface area contributed by atoms with Gasteiger partial charge in [-0.05, 0) is 24.1 Å². The molecule has 1 heterocycles. The van der Waals surface area contributed by atoms with Crippen LogP contribution in [0.2, 0.25) is 0 Å². The number of benzene rings is 1. The lowest BCUT2D eigenvalue weighted by Crippen LogP contribution is -2.01. The quantitative estimate of drug-likeness (QED) is 0.773. The first-order valence-corrected chi connectivity index (χ1v) is 4.58. The van der Waals surface area contributed by atoms with Gasteiger partial charge in [-0.15, -0.1) is 0 Å². The Morgan fingerprint density at radius 1 is 1.50 bits per heavy atom. The van der Waals surface area contributed by atoms with Crippen LogP contribution >= 0.6 is 0 Å². The Balaban J connectivity index is 2.46. The minimum Gasteiger partial charge on any atom is -0.508 e. The summed E-state index contributed by atoms with van der Waals surface area (Å²) in [5.74, 6) is 0.255. The number of fused-ring (bicyclic) bond motifs is 1. The fraction of sp³-hybridized carbons (Fsp3) is 0.364. The number of aromatic hydroxyl groups is 1. The van der Waals surface area contributed by atoms with E-state index in [0.29, 0.717) is 19.6 Å². The lowest BCUT2D eigenvalue weighted by molar-refractivity contribution is -0.116. The zero-order chi connectivity index (χ0) is 10.1. The van der Waals surface area contributed by atoms with Gasteiger partial charge in [-0.25, -0.2) is 0 Å². The fourth-order valence-electron chi connectivity index (χ4n) is 1.75. The van der Waals surface area contributed by atoms with Crippen molar-refractivity contribution in [3.63, 3.8) is 0 Å². The van der Waals surface area contributed by atoms with E-state index in [9.17, 15) is 9.90 Å². The number of phenolic OH excluding ortho intramolecular Hbond substituents is 1. The van der Waals surface area contributed by atoms with E-state index in [1.54, 1.807) is 6.07 Å². The van der Waals surface area contributed by atoms with E-state index >= 15 is 0 Å². The molecule has 0 unspecified atom stereocenters. The average Bonchev–Trinajstić information content (AvgIpc) is 2.57. The normalized spacial score (nSPS) is 14.1. The number of Topliss-reactive ketones (excluding diaryl/α,β-unsaturated/α-hetero) is 1. The molecule has 1 aromatic carbocycles. The van der Waals surface area contributed by atoms with Crippen LogP contribution < -0.4 is 0 Å². The van der Waals surface area contributed by atoms with E-state index in [1.165, 1.54) is 6.92 Å². The summed E-state index contributed by atoms with van der Waals surface area (Å²) >= 11 is 0. The van der Waals surface area contributed by atoms with Crippen LogP contribution in [0.4, 0.5) is 0 Å². The zero-order valence-corrected chi connectivity index (χ0v) is 8.04. The van der Waals surface area contributed by atoms with Crippen molar-refractivity contribution in [3.8, 4) is 5.75 Å². The minimum absolute atomic E-state index is 0.0561. The van der Waals surface area contributed by atoms with Crippen LogP contribution in [0.3, 0.4) is 0 Å². The first kappa shape index (κ1) is 9.21. The van der Waals surface area contributed by atoms with Crippen LogP contribution in [-0.2, 0) is 29.2 Å². The van der Waals surface area contributed by atoms with Gasteiger partial charge in [0.05, 0.1) is 13.2 Å². The number of ether oxygens (including phenoxy) is 1. The number of hydrogen-bond donors (Lipinski definition) is 1. The Bertz CT molecular complexity index is 382. The molecule has 0 bridgehead atoms. The minimum atomic E-state index is 0.0561. The summed E-state index contributed by atoms with van der Waals surface area (Å²) in [5.41, 5.74) is 2.80. The maximum Gasteiger partial charge on any atom is 0.134 e. The van der Waals surface area contributed by atoms with Gasteiger partial charge in [0.15, 0.2) is 0 Å². The molecular formula is C11H12O3. The Labute approximate surface area is 82.3 Å². The first-order valence-electron chi connectivity index (χ1n) is 4.58. The van der Waals surface area contributed by atoms with E-state index in [4.69, 9.17) is 4.74 Å². The highest BCUT2D eigenvalue weighted by Gasteiger charge is 2.18. The van der Waals surface area contributed by atoms with Gasteiger partial charge in [0, 0.05) is 12.0 Å². The van der Waals surface area contributed by atoms with Crippen molar-refractivity contribution >= 4 is 5.78 Å². The van der Waals surface area contributed by atoms with Gasteiger partial charge in [0.2, 0.25) is 0 Å². The fourth-order valence-corrected chi connectivity index (χ4v) is 1.75. The van der Waals surface area contributed by atoms with Gasteiger partial charge in [0.1, 0.15) is 11.5 Å². The second-order valence-electron chi connectivity index (χ2n) is 3.57. The average molecular weight is 192 g/mol. The number of carbonyl (C=O) groups is 1. The molecule has 0 atom stereocenters. The van der Waals surface area contributed by atoms with Gasteiger partial charge in [-0.1, -0.05) is 6.07 Å². The molecule has 0 saturated carbocycles. The molecule has 2 rings (SSSR count). The molecule has 1 aliphatic heterocycles. The van der Waals surface area contributed by atoms with Gasteiger partial charge < -0.3 is 9.84 Å². The summed E-state index contributed by atoms with van der Waals surface area (Å²) in [6.45, 7) is 2.61. The van der Waals surface area contributed by atoms with E-state index in [-0.39, 0.29) is 11.5 Å². The maximum atomic E-state index is 11.0. The molecule has 1 N–H and O–H groups in total. The van der Waals surface area contributed by atoms with Crippen LogP contribution in [0.15, 0.2) is 12.1 Å². The third kappa shape index (κ3) is 1.51. The molecule has 0 fully saturated rings. The SMILES string of the molecule is CC(=O)Cc1c(O)ccc2c1COC2. The van der Waals surface area contributed by atoms with Crippen molar-refractivity contribution in [2.75, 3.05) is 0 Å². The number of phenols is 1.